The van der Waals surface area contributed by atoms with E-state index in [2.05, 4.69) is 19.8 Å². The molecule has 9 heteroatoms. The second-order valence-electron chi connectivity index (χ2n) is 6.38. The molecular weight excluding hydrogens is 386 g/mol. The number of fused-ring (bicyclic) bond motifs is 1. The van der Waals surface area contributed by atoms with Crippen LogP contribution in [0.25, 0.3) is 0 Å². The summed E-state index contributed by atoms with van der Waals surface area (Å²) in [5.74, 6) is 1.93. The Bertz CT molecular complexity index is 806. The van der Waals surface area contributed by atoms with Gasteiger partial charge in [0.05, 0.1) is 5.02 Å². The first-order valence-electron chi connectivity index (χ1n) is 8.98. The number of piperazine rings is 1. The van der Waals surface area contributed by atoms with Crippen molar-refractivity contribution >= 4 is 34.0 Å². The molecule has 2 aliphatic heterocycles. The van der Waals surface area contributed by atoms with Crippen LogP contribution < -0.4 is 20.1 Å². The van der Waals surface area contributed by atoms with Crippen molar-refractivity contribution in [2.75, 3.05) is 50.8 Å². The molecule has 0 spiro atoms. The third-order valence-corrected chi connectivity index (χ3v) is 5.74. The number of benzene rings is 1. The first-order valence-corrected chi connectivity index (χ1v) is 10.2. The highest BCUT2D eigenvalue weighted by molar-refractivity contribution is 7.13. The van der Waals surface area contributed by atoms with Crippen LogP contribution in [0.15, 0.2) is 28.7 Å². The van der Waals surface area contributed by atoms with Gasteiger partial charge in [-0.25, -0.2) is 4.98 Å². The molecular formula is C18H22ClN5O2S. The number of guanidine groups is 1. The Hall–Kier alpha value is -2.19. The van der Waals surface area contributed by atoms with Gasteiger partial charge >= 0.3 is 0 Å². The van der Waals surface area contributed by atoms with E-state index in [1.165, 1.54) is 0 Å². The first-order chi connectivity index (χ1) is 13.2. The molecule has 2 aliphatic rings. The van der Waals surface area contributed by atoms with Crippen LogP contribution in [0.2, 0.25) is 5.02 Å². The van der Waals surface area contributed by atoms with Gasteiger partial charge in [0, 0.05) is 44.3 Å². The summed E-state index contributed by atoms with van der Waals surface area (Å²) in [6, 6.07) is 3.88. The molecule has 1 aromatic carbocycles. The third kappa shape index (κ3) is 4.22. The van der Waals surface area contributed by atoms with Gasteiger partial charge in [-0.2, -0.15) is 0 Å². The lowest BCUT2D eigenvalue weighted by Gasteiger charge is -2.35. The molecule has 0 saturated carbocycles. The van der Waals surface area contributed by atoms with Crippen molar-refractivity contribution in [1.29, 1.82) is 0 Å². The van der Waals surface area contributed by atoms with Gasteiger partial charge in [0.15, 0.2) is 22.6 Å². The number of thiazole rings is 1. The van der Waals surface area contributed by atoms with E-state index in [4.69, 9.17) is 26.8 Å². The van der Waals surface area contributed by atoms with Crippen LogP contribution >= 0.6 is 22.9 Å². The van der Waals surface area contributed by atoms with Crippen LogP contribution in [0.5, 0.6) is 11.5 Å². The van der Waals surface area contributed by atoms with Crippen molar-refractivity contribution in [1.82, 2.24) is 9.88 Å². The number of rotatable bonds is 4. The molecule has 3 heterocycles. The van der Waals surface area contributed by atoms with Crippen molar-refractivity contribution in [3.63, 3.8) is 0 Å². The van der Waals surface area contributed by atoms with Gasteiger partial charge in [-0.3, -0.25) is 4.99 Å². The predicted molar refractivity (Wildman–Crippen MR) is 109 cm³/mol. The Morgan fingerprint density at radius 1 is 1.22 bits per heavy atom. The summed E-state index contributed by atoms with van der Waals surface area (Å²) in [6.45, 7) is 5.20. The van der Waals surface area contributed by atoms with E-state index in [1.807, 2.05) is 23.7 Å². The maximum atomic E-state index is 6.28. The van der Waals surface area contributed by atoms with E-state index in [9.17, 15) is 0 Å². The van der Waals surface area contributed by atoms with Crippen LogP contribution in [0.4, 0.5) is 5.13 Å². The Morgan fingerprint density at radius 2 is 2.04 bits per heavy atom. The molecule has 0 radical (unpaired) electrons. The number of aromatic nitrogens is 1. The number of halogens is 1. The SMILES string of the molecule is NC(=NCCc1cc(Cl)c2c(c1)OCCO2)N1CCN(c2nccs2)CC1. The molecule has 1 aromatic heterocycles. The zero-order valence-corrected chi connectivity index (χ0v) is 16.5. The van der Waals surface area contributed by atoms with Gasteiger partial charge in [-0.15, -0.1) is 11.3 Å². The summed E-state index contributed by atoms with van der Waals surface area (Å²) in [7, 11) is 0. The second-order valence-corrected chi connectivity index (χ2v) is 7.66. The Labute approximate surface area is 167 Å². The summed E-state index contributed by atoms with van der Waals surface area (Å²) in [5, 5.41) is 3.65. The van der Waals surface area contributed by atoms with E-state index in [1.54, 1.807) is 11.3 Å². The molecule has 0 amide bonds. The van der Waals surface area contributed by atoms with Gasteiger partial charge in [0.1, 0.15) is 13.2 Å². The maximum Gasteiger partial charge on any atom is 0.191 e. The van der Waals surface area contributed by atoms with Gasteiger partial charge < -0.3 is 25.0 Å². The normalized spacial score (nSPS) is 17.3. The topological polar surface area (TPSA) is 76.2 Å². The van der Waals surface area contributed by atoms with Crippen LogP contribution in [-0.4, -0.2) is 61.8 Å². The molecule has 2 N–H and O–H groups in total. The zero-order valence-electron chi connectivity index (χ0n) is 14.9. The summed E-state index contributed by atoms with van der Waals surface area (Å²) >= 11 is 7.95. The Balaban J connectivity index is 1.30. The lowest BCUT2D eigenvalue weighted by atomic mass is 10.1. The van der Waals surface area contributed by atoms with Gasteiger partial charge in [-0.1, -0.05) is 11.6 Å². The van der Waals surface area contributed by atoms with E-state index in [-0.39, 0.29) is 0 Å². The lowest BCUT2D eigenvalue weighted by molar-refractivity contribution is 0.171. The highest BCUT2D eigenvalue weighted by atomic mass is 35.5. The second kappa shape index (κ2) is 8.22. The fourth-order valence-electron chi connectivity index (χ4n) is 3.21. The quantitative estimate of drug-likeness (QED) is 0.618. The standard InChI is InChI=1S/C18H22ClN5O2S/c19-14-11-13(12-15-16(14)26-9-8-25-15)1-2-21-17(20)23-4-6-24(7-5-23)18-22-3-10-27-18/h3,10-12H,1-2,4-9H2,(H2,20,21). The largest absolute Gasteiger partial charge is 0.486 e. The average Bonchev–Trinajstić information content (AvgIpc) is 3.23. The fraction of sp³-hybridized carbons (Fsp3) is 0.444. The van der Waals surface area contributed by atoms with E-state index in [0.29, 0.717) is 42.2 Å². The van der Waals surface area contributed by atoms with Crippen molar-refractivity contribution in [2.45, 2.75) is 6.42 Å². The van der Waals surface area contributed by atoms with Gasteiger partial charge in [-0.05, 0) is 24.1 Å². The van der Waals surface area contributed by atoms with Crippen LogP contribution in [-0.2, 0) is 6.42 Å². The highest BCUT2D eigenvalue weighted by Crippen LogP contribution is 2.38. The van der Waals surface area contributed by atoms with Crippen LogP contribution in [0.3, 0.4) is 0 Å². The Morgan fingerprint density at radius 3 is 2.81 bits per heavy atom. The van der Waals surface area contributed by atoms with Crippen molar-refractivity contribution in [2.24, 2.45) is 10.7 Å². The number of aliphatic imine (C=N–C) groups is 1. The molecule has 1 saturated heterocycles. The molecule has 27 heavy (non-hydrogen) atoms. The van der Waals surface area contributed by atoms with Crippen LogP contribution in [0.1, 0.15) is 5.56 Å². The molecule has 0 unspecified atom stereocenters. The smallest absolute Gasteiger partial charge is 0.191 e. The minimum atomic E-state index is 0.530. The monoisotopic (exact) mass is 407 g/mol. The van der Waals surface area contributed by atoms with Crippen molar-refractivity contribution in [3.8, 4) is 11.5 Å². The summed E-state index contributed by atoms with van der Waals surface area (Å²) < 4.78 is 11.2. The lowest BCUT2D eigenvalue weighted by Crippen LogP contribution is -2.51. The van der Waals surface area contributed by atoms with E-state index >= 15 is 0 Å². The summed E-state index contributed by atoms with van der Waals surface area (Å²) in [6.07, 6.45) is 2.59. The molecule has 0 bridgehead atoms. The first kappa shape index (κ1) is 18.2. The van der Waals surface area contributed by atoms with Crippen molar-refractivity contribution in [3.05, 3.63) is 34.3 Å². The minimum Gasteiger partial charge on any atom is -0.486 e. The molecule has 2 aromatic rings. The van der Waals surface area contributed by atoms with E-state index in [0.717, 1.165) is 43.3 Å². The maximum absolute atomic E-state index is 6.28. The summed E-state index contributed by atoms with van der Waals surface area (Å²) in [4.78, 5) is 13.3. The summed E-state index contributed by atoms with van der Waals surface area (Å²) in [5.41, 5.74) is 7.26. The number of ether oxygens (including phenoxy) is 2. The van der Waals surface area contributed by atoms with Crippen molar-refractivity contribution < 1.29 is 9.47 Å². The Kier molecular flexibility index (Phi) is 5.54. The average molecular weight is 408 g/mol. The molecule has 7 nitrogen and oxygen atoms in total. The molecule has 4 rings (SSSR count). The fourth-order valence-corrected chi connectivity index (χ4v) is 4.19. The molecule has 144 valence electrons. The predicted octanol–water partition coefficient (Wildman–Crippen LogP) is 2.25. The minimum absolute atomic E-state index is 0.530. The highest BCUT2D eigenvalue weighted by Gasteiger charge is 2.20. The third-order valence-electron chi connectivity index (χ3n) is 4.62. The number of anilines is 1. The zero-order chi connectivity index (χ0) is 18.6. The number of nitrogens with zero attached hydrogens (tertiary/aromatic N) is 4. The number of hydrogen-bond donors (Lipinski definition) is 1. The molecule has 1 fully saturated rings. The number of nitrogens with two attached hydrogens (primary N) is 1. The van der Waals surface area contributed by atoms with E-state index < -0.39 is 0 Å². The van der Waals surface area contributed by atoms with Gasteiger partial charge in [0.2, 0.25) is 0 Å². The number of hydrogen-bond acceptors (Lipinski definition) is 6. The van der Waals surface area contributed by atoms with Crippen LogP contribution in [0, 0.1) is 0 Å². The van der Waals surface area contributed by atoms with Gasteiger partial charge in [0.25, 0.3) is 0 Å². The molecule has 0 atom stereocenters. The molecule has 0 aliphatic carbocycles.